The van der Waals surface area contributed by atoms with Crippen LogP contribution in [0.3, 0.4) is 0 Å². The Hall–Kier alpha value is -2.44. The average Bonchev–Trinajstić information content (AvgIpc) is 2.82. The van der Waals surface area contributed by atoms with E-state index >= 15 is 0 Å². The molecular formula is C14H17N3O4. The highest BCUT2D eigenvalue weighted by Gasteiger charge is 2.18. The average molecular weight is 291 g/mol. The van der Waals surface area contributed by atoms with Gasteiger partial charge in [-0.25, -0.2) is 4.79 Å². The van der Waals surface area contributed by atoms with E-state index in [9.17, 15) is 9.59 Å². The van der Waals surface area contributed by atoms with E-state index in [1.54, 1.807) is 19.9 Å². The number of hydrogen-bond donors (Lipinski definition) is 1. The van der Waals surface area contributed by atoms with Crippen LogP contribution < -0.4 is 5.56 Å². The Labute approximate surface area is 121 Å². The van der Waals surface area contributed by atoms with Crippen molar-refractivity contribution >= 4 is 5.97 Å². The Balaban J connectivity index is 2.46. The zero-order valence-electron chi connectivity index (χ0n) is 12.4. The number of aromatic nitrogens is 3. The monoisotopic (exact) mass is 291 g/mol. The summed E-state index contributed by atoms with van der Waals surface area (Å²) in [6, 6.07) is 1.66. The highest BCUT2D eigenvalue weighted by molar-refractivity contribution is 5.88. The minimum absolute atomic E-state index is 0.0605. The lowest BCUT2D eigenvalue weighted by molar-refractivity contribution is 0.0693. The van der Waals surface area contributed by atoms with Gasteiger partial charge in [0.25, 0.3) is 5.56 Å². The molecular weight excluding hydrogens is 274 g/mol. The molecule has 7 nitrogen and oxygen atoms in total. The van der Waals surface area contributed by atoms with Crippen molar-refractivity contribution in [2.45, 2.75) is 40.2 Å². The molecule has 0 saturated heterocycles. The normalized spacial score (nSPS) is 11.1. The Morgan fingerprint density at radius 1 is 1.43 bits per heavy atom. The molecule has 0 aliphatic heterocycles. The second-order valence-corrected chi connectivity index (χ2v) is 5.24. The van der Waals surface area contributed by atoms with Crippen LogP contribution in [0.5, 0.6) is 0 Å². The summed E-state index contributed by atoms with van der Waals surface area (Å²) in [4.78, 5) is 27.7. The molecule has 2 aromatic rings. The second-order valence-electron chi connectivity index (χ2n) is 5.24. The molecule has 1 N–H and O–H groups in total. The standard InChI is InChI=1S/C14H17N3O4/c1-7(2)12-15-10(21-16-12)6-17-9(4)5-8(3)11(13(17)18)14(19)20/h5,7H,6H2,1-4H3,(H,19,20). The Kier molecular flexibility index (Phi) is 3.93. The Morgan fingerprint density at radius 3 is 2.62 bits per heavy atom. The molecule has 7 heteroatoms. The van der Waals surface area contributed by atoms with Crippen molar-refractivity contribution < 1.29 is 14.4 Å². The zero-order valence-corrected chi connectivity index (χ0v) is 12.4. The fraction of sp³-hybridized carbons (Fsp3) is 0.429. The minimum Gasteiger partial charge on any atom is -0.477 e. The molecule has 0 unspecified atom stereocenters. The van der Waals surface area contributed by atoms with Crippen LogP contribution in [0.2, 0.25) is 0 Å². The summed E-state index contributed by atoms with van der Waals surface area (Å²) in [5.74, 6) is -0.280. The Morgan fingerprint density at radius 2 is 2.10 bits per heavy atom. The highest BCUT2D eigenvalue weighted by atomic mass is 16.5. The number of hydrogen-bond acceptors (Lipinski definition) is 5. The maximum atomic E-state index is 12.3. The largest absolute Gasteiger partial charge is 0.477 e. The number of nitrogens with zero attached hydrogens (tertiary/aromatic N) is 3. The number of carboxylic acids is 1. The lowest BCUT2D eigenvalue weighted by atomic mass is 10.1. The molecule has 0 aromatic carbocycles. The third kappa shape index (κ3) is 2.86. The maximum Gasteiger partial charge on any atom is 0.341 e. The van der Waals surface area contributed by atoms with Gasteiger partial charge in [-0.15, -0.1) is 0 Å². The van der Waals surface area contributed by atoms with Gasteiger partial charge in [-0.05, 0) is 25.5 Å². The van der Waals surface area contributed by atoms with Crippen molar-refractivity contribution in [3.05, 3.63) is 45.0 Å². The van der Waals surface area contributed by atoms with Crippen LogP contribution in [0.1, 0.15) is 53.1 Å². The van der Waals surface area contributed by atoms with Gasteiger partial charge in [0.1, 0.15) is 12.1 Å². The number of aromatic carboxylic acids is 1. The molecule has 0 bridgehead atoms. The third-order valence-electron chi connectivity index (χ3n) is 3.21. The van der Waals surface area contributed by atoms with Crippen LogP contribution in [0.4, 0.5) is 0 Å². The number of carbonyl (C=O) groups is 1. The summed E-state index contributed by atoms with van der Waals surface area (Å²) in [6.07, 6.45) is 0. The van der Waals surface area contributed by atoms with Crippen molar-refractivity contribution in [1.29, 1.82) is 0 Å². The minimum atomic E-state index is -1.24. The van der Waals surface area contributed by atoms with Gasteiger partial charge in [0.2, 0.25) is 5.89 Å². The van der Waals surface area contributed by atoms with Gasteiger partial charge in [0.05, 0.1) is 0 Å². The maximum absolute atomic E-state index is 12.3. The number of pyridine rings is 1. The van der Waals surface area contributed by atoms with Gasteiger partial charge >= 0.3 is 5.97 Å². The van der Waals surface area contributed by atoms with Crippen LogP contribution in [0.25, 0.3) is 0 Å². The van der Waals surface area contributed by atoms with Gasteiger partial charge in [-0.1, -0.05) is 19.0 Å². The molecule has 2 heterocycles. The van der Waals surface area contributed by atoms with E-state index < -0.39 is 11.5 Å². The smallest absolute Gasteiger partial charge is 0.341 e. The Bertz CT molecular complexity index is 743. The van der Waals surface area contributed by atoms with Gasteiger partial charge in [0, 0.05) is 11.6 Å². The second kappa shape index (κ2) is 5.51. The van der Waals surface area contributed by atoms with E-state index in [1.165, 1.54) is 4.57 Å². The predicted octanol–water partition coefficient (Wildman–Crippen LogP) is 1.72. The summed E-state index contributed by atoms with van der Waals surface area (Å²) in [5.41, 5.74) is 0.287. The number of aryl methyl sites for hydroxylation is 2. The summed E-state index contributed by atoms with van der Waals surface area (Å²) in [7, 11) is 0. The fourth-order valence-corrected chi connectivity index (χ4v) is 2.09. The van der Waals surface area contributed by atoms with Gasteiger partial charge in [-0.3, -0.25) is 4.79 Å². The molecule has 0 fully saturated rings. The van der Waals surface area contributed by atoms with Crippen molar-refractivity contribution in [2.24, 2.45) is 0 Å². The van der Waals surface area contributed by atoms with E-state index in [-0.39, 0.29) is 23.9 Å². The van der Waals surface area contributed by atoms with Gasteiger partial charge < -0.3 is 14.2 Å². The zero-order chi connectivity index (χ0) is 15.7. The number of carboxylic acid groups (broad SMARTS) is 1. The first-order valence-corrected chi connectivity index (χ1v) is 6.58. The molecule has 2 rings (SSSR count). The van der Waals surface area contributed by atoms with Crippen LogP contribution in [0.15, 0.2) is 15.4 Å². The lowest BCUT2D eigenvalue weighted by Crippen LogP contribution is -2.29. The first-order chi connectivity index (χ1) is 9.81. The van der Waals surface area contributed by atoms with E-state index in [4.69, 9.17) is 9.63 Å². The first-order valence-electron chi connectivity index (χ1n) is 6.58. The molecule has 0 radical (unpaired) electrons. The van der Waals surface area contributed by atoms with E-state index in [2.05, 4.69) is 10.1 Å². The summed E-state index contributed by atoms with van der Waals surface area (Å²) < 4.78 is 6.43. The molecule has 0 aliphatic carbocycles. The van der Waals surface area contributed by atoms with Gasteiger partial charge in [-0.2, -0.15) is 4.98 Å². The number of rotatable bonds is 4. The molecule has 0 amide bonds. The van der Waals surface area contributed by atoms with E-state index in [1.807, 2.05) is 13.8 Å². The van der Waals surface area contributed by atoms with E-state index in [0.29, 0.717) is 17.1 Å². The quantitative estimate of drug-likeness (QED) is 0.921. The predicted molar refractivity (Wildman–Crippen MR) is 74.6 cm³/mol. The fourth-order valence-electron chi connectivity index (χ4n) is 2.09. The van der Waals surface area contributed by atoms with Crippen LogP contribution >= 0.6 is 0 Å². The van der Waals surface area contributed by atoms with Crippen molar-refractivity contribution in [3.8, 4) is 0 Å². The van der Waals surface area contributed by atoms with Crippen molar-refractivity contribution in [3.63, 3.8) is 0 Å². The first kappa shape index (κ1) is 15.0. The van der Waals surface area contributed by atoms with E-state index in [0.717, 1.165) is 0 Å². The highest BCUT2D eigenvalue weighted by Crippen LogP contribution is 2.12. The lowest BCUT2D eigenvalue weighted by Gasteiger charge is -2.10. The molecule has 0 atom stereocenters. The molecule has 0 spiro atoms. The van der Waals surface area contributed by atoms with Crippen molar-refractivity contribution in [2.75, 3.05) is 0 Å². The van der Waals surface area contributed by atoms with Gasteiger partial charge in [0.15, 0.2) is 5.82 Å². The van der Waals surface area contributed by atoms with Crippen LogP contribution in [0, 0.1) is 13.8 Å². The topological polar surface area (TPSA) is 98.2 Å². The molecule has 0 saturated carbocycles. The molecule has 0 aliphatic rings. The summed E-state index contributed by atoms with van der Waals surface area (Å²) in [5, 5.41) is 13.0. The molecule has 112 valence electrons. The molecule has 2 aromatic heterocycles. The summed E-state index contributed by atoms with van der Waals surface area (Å²) >= 11 is 0. The SMILES string of the molecule is Cc1cc(C)n(Cc2nc(C(C)C)no2)c(=O)c1C(=O)O. The third-order valence-corrected chi connectivity index (χ3v) is 3.21. The van der Waals surface area contributed by atoms with Crippen molar-refractivity contribution in [1.82, 2.24) is 14.7 Å². The van der Waals surface area contributed by atoms with Crippen LogP contribution in [-0.4, -0.2) is 25.8 Å². The van der Waals surface area contributed by atoms with Crippen LogP contribution in [-0.2, 0) is 6.54 Å². The molecule has 21 heavy (non-hydrogen) atoms. The summed E-state index contributed by atoms with van der Waals surface area (Å²) in [6.45, 7) is 7.26.